The zero-order valence-corrected chi connectivity index (χ0v) is 27.0. The second-order valence-electron chi connectivity index (χ2n) is 13.2. The normalized spacial score (nSPS) is 25.8. The van der Waals surface area contributed by atoms with Crippen LogP contribution in [0.2, 0.25) is 0 Å². The maximum atomic E-state index is 14.5. The molecular weight excluding hydrogens is 570 g/mol. The lowest BCUT2D eigenvalue weighted by atomic mass is 9.83. The Kier molecular flexibility index (Phi) is 10.5. The van der Waals surface area contributed by atoms with Crippen molar-refractivity contribution >= 4 is 29.2 Å². The average molecular weight is 620 g/mol. The van der Waals surface area contributed by atoms with Crippen LogP contribution in [0.3, 0.4) is 0 Å². The summed E-state index contributed by atoms with van der Waals surface area (Å²) in [6.07, 6.45) is 12.9. The third kappa shape index (κ3) is 7.65. The second kappa shape index (κ2) is 14.9. The SMILES string of the molecule is C[C@H]1N=C(N2CCN(C(=O)[C@@H](CC3CCCCC3)NC3CCCCC3)[C@H](C(=O)NCc3cccs3)C2)O[C@H]1c1ccccc1. The first kappa shape index (κ1) is 31.1. The summed E-state index contributed by atoms with van der Waals surface area (Å²) in [5.74, 6) is 0.539. The Morgan fingerprint density at radius 2 is 1.73 bits per heavy atom. The van der Waals surface area contributed by atoms with Crippen molar-refractivity contribution in [1.29, 1.82) is 0 Å². The molecule has 2 saturated carbocycles. The number of carbonyl (C=O) groups is 2. The molecule has 9 heteroatoms. The molecule has 0 bridgehead atoms. The van der Waals surface area contributed by atoms with Gasteiger partial charge in [0.2, 0.25) is 11.8 Å². The Bertz CT molecular complexity index is 1220. The molecule has 2 amide bonds. The summed E-state index contributed by atoms with van der Waals surface area (Å²) >= 11 is 1.63. The lowest BCUT2D eigenvalue weighted by molar-refractivity contribution is -0.145. The van der Waals surface area contributed by atoms with Crippen molar-refractivity contribution in [3.8, 4) is 0 Å². The molecule has 2 aromatic rings. The number of amidine groups is 1. The van der Waals surface area contributed by atoms with Crippen LogP contribution in [-0.4, -0.2) is 71.4 Å². The zero-order valence-electron chi connectivity index (χ0n) is 26.2. The van der Waals surface area contributed by atoms with Crippen molar-refractivity contribution < 1.29 is 14.3 Å². The molecule has 44 heavy (non-hydrogen) atoms. The third-order valence-corrected chi connectivity index (χ3v) is 10.9. The van der Waals surface area contributed by atoms with E-state index in [1.54, 1.807) is 11.3 Å². The monoisotopic (exact) mass is 619 g/mol. The van der Waals surface area contributed by atoms with E-state index >= 15 is 0 Å². The summed E-state index contributed by atoms with van der Waals surface area (Å²) in [5.41, 5.74) is 1.09. The van der Waals surface area contributed by atoms with E-state index in [2.05, 4.69) is 34.6 Å². The number of piperazine rings is 1. The standard InChI is InChI=1S/C35H49N5O3S/c1-25-32(27-14-7-3-8-15-27)43-35(37-25)39-19-20-40(31(24-39)33(41)36-23-29-18-11-21-44-29)34(42)30(22-26-12-5-2-6-13-26)38-28-16-9-4-10-17-28/h3,7-8,11,14-15,18,21,25-26,28,30-32,38H,2,4-6,9-10,12-13,16-17,19-20,22-24H2,1H3,(H,36,41)/t25-,30-,31+,32-/m1/s1. The number of nitrogens with one attached hydrogen (secondary N) is 2. The minimum Gasteiger partial charge on any atom is -0.455 e. The van der Waals surface area contributed by atoms with E-state index in [1.807, 2.05) is 40.6 Å². The fourth-order valence-electron chi connectivity index (χ4n) is 7.53. The first-order chi connectivity index (χ1) is 21.5. The van der Waals surface area contributed by atoms with Crippen molar-refractivity contribution in [2.75, 3.05) is 19.6 Å². The molecule has 0 unspecified atom stereocenters. The molecule has 4 aliphatic rings. The summed E-state index contributed by atoms with van der Waals surface area (Å²) in [5, 5.41) is 8.99. The summed E-state index contributed by atoms with van der Waals surface area (Å²) in [7, 11) is 0. The van der Waals surface area contributed by atoms with Gasteiger partial charge in [-0.25, -0.2) is 4.99 Å². The molecule has 0 spiro atoms. The minimum absolute atomic E-state index is 0.0299. The van der Waals surface area contributed by atoms with Crippen LogP contribution in [0.1, 0.15) is 94.1 Å². The van der Waals surface area contributed by atoms with Gasteiger partial charge in [-0.15, -0.1) is 11.3 Å². The zero-order chi connectivity index (χ0) is 30.3. The molecular formula is C35H49N5O3S. The van der Waals surface area contributed by atoms with Crippen LogP contribution < -0.4 is 10.6 Å². The van der Waals surface area contributed by atoms with Crippen LogP contribution in [0.15, 0.2) is 52.8 Å². The number of carbonyl (C=O) groups excluding carboxylic acids is 2. The average Bonchev–Trinajstić information content (AvgIpc) is 3.74. The predicted molar refractivity (Wildman–Crippen MR) is 175 cm³/mol. The molecule has 2 aliphatic heterocycles. The van der Waals surface area contributed by atoms with Gasteiger partial charge in [-0.1, -0.05) is 87.8 Å². The summed E-state index contributed by atoms with van der Waals surface area (Å²) < 4.78 is 6.42. The number of hydrogen-bond acceptors (Lipinski definition) is 7. The number of benzene rings is 1. The summed E-state index contributed by atoms with van der Waals surface area (Å²) in [6.45, 7) is 3.96. The van der Waals surface area contributed by atoms with Crippen LogP contribution in [0.4, 0.5) is 0 Å². The molecule has 3 fully saturated rings. The van der Waals surface area contributed by atoms with E-state index in [0.29, 0.717) is 44.2 Å². The Morgan fingerprint density at radius 3 is 2.45 bits per heavy atom. The number of hydrogen-bond donors (Lipinski definition) is 2. The molecule has 1 saturated heterocycles. The number of rotatable bonds is 9. The van der Waals surface area contributed by atoms with Gasteiger partial charge in [0.1, 0.15) is 12.1 Å². The molecule has 1 aromatic carbocycles. The number of ether oxygens (including phenoxy) is 1. The highest BCUT2D eigenvalue weighted by Crippen LogP contribution is 2.32. The minimum atomic E-state index is -0.615. The number of aliphatic imine (C=N–C) groups is 1. The Balaban J connectivity index is 1.19. The van der Waals surface area contributed by atoms with Crippen LogP contribution in [0.5, 0.6) is 0 Å². The van der Waals surface area contributed by atoms with E-state index in [9.17, 15) is 9.59 Å². The van der Waals surface area contributed by atoms with Gasteiger partial charge in [-0.3, -0.25) is 9.59 Å². The van der Waals surface area contributed by atoms with E-state index in [1.165, 1.54) is 51.4 Å². The largest absolute Gasteiger partial charge is 0.455 e. The van der Waals surface area contributed by atoms with Crippen LogP contribution >= 0.6 is 11.3 Å². The quantitative estimate of drug-likeness (QED) is 0.379. The first-order valence-corrected chi connectivity index (χ1v) is 17.8. The highest BCUT2D eigenvalue weighted by Gasteiger charge is 2.42. The summed E-state index contributed by atoms with van der Waals surface area (Å²) in [6, 6.07) is 14.3. The predicted octanol–water partition coefficient (Wildman–Crippen LogP) is 5.65. The molecule has 238 valence electrons. The van der Waals surface area contributed by atoms with Crippen LogP contribution in [-0.2, 0) is 20.9 Å². The first-order valence-electron chi connectivity index (χ1n) is 17.0. The summed E-state index contributed by atoms with van der Waals surface area (Å²) in [4.78, 5) is 38.3. The lowest BCUT2D eigenvalue weighted by Crippen LogP contribution is -2.64. The highest BCUT2D eigenvalue weighted by atomic mass is 32.1. The van der Waals surface area contributed by atoms with E-state index in [4.69, 9.17) is 9.73 Å². The Hall–Kier alpha value is -2.91. The van der Waals surface area contributed by atoms with Gasteiger partial charge in [0.05, 0.1) is 25.2 Å². The van der Waals surface area contributed by atoms with E-state index in [-0.39, 0.29) is 30.0 Å². The second-order valence-corrected chi connectivity index (χ2v) is 14.2. The Labute approximate surface area is 266 Å². The molecule has 3 heterocycles. The molecule has 6 rings (SSSR count). The van der Waals surface area contributed by atoms with Gasteiger partial charge in [0.25, 0.3) is 6.02 Å². The van der Waals surface area contributed by atoms with Gasteiger partial charge >= 0.3 is 0 Å². The van der Waals surface area contributed by atoms with Gasteiger partial charge in [0.15, 0.2) is 0 Å². The lowest BCUT2D eigenvalue weighted by Gasteiger charge is -2.43. The maximum Gasteiger partial charge on any atom is 0.288 e. The molecule has 0 radical (unpaired) electrons. The number of amides is 2. The number of nitrogens with zero attached hydrogens (tertiary/aromatic N) is 3. The molecule has 8 nitrogen and oxygen atoms in total. The van der Waals surface area contributed by atoms with Gasteiger partial charge < -0.3 is 25.2 Å². The molecule has 2 N–H and O–H groups in total. The fourth-order valence-corrected chi connectivity index (χ4v) is 8.17. The van der Waals surface area contributed by atoms with Crippen molar-refractivity contribution in [1.82, 2.24) is 20.4 Å². The number of thiophene rings is 1. The smallest absolute Gasteiger partial charge is 0.288 e. The van der Waals surface area contributed by atoms with Gasteiger partial charge in [0, 0.05) is 24.0 Å². The van der Waals surface area contributed by atoms with Gasteiger partial charge in [-0.05, 0) is 49.1 Å². The molecule has 2 aliphatic carbocycles. The fraction of sp³-hybridized carbons (Fsp3) is 0.629. The highest BCUT2D eigenvalue weighted by molar-refractivity contribution is 7.09. The van der Waals surface area contributed by atoms with Crippen molar-refractivity contribution in [3.63, 3.8) is 0 Å². The van der Waals surface area contributed by atoms with Crippen LogP contribution in [0, 0.1) is 5.92 Å². The van der Waals surface area contributed by atoms with Crippen molar-refractivity contribution in [2.45, 2.75) is 114 Å². The topological polar surface area (TPSA) is 86.3 Å². The van der Waals surface area contributed by atoms with Crippen molar-refractivity contribution in [2.24, 2.45) is 10.9 Å². The van der Waals surface area contributed by atoms with Gasteiger partial charge in [-0.2, -0.15) is 0 Å². The van der Waals surface area contributed by atoms with E-state index in [0.717, 1.165) is 29.7 Å². The molecule has 1 aromatic heterocycles. The van der Waals surface area contributed by atoms with Crippen molar-refractivity contribution in [3.05, 3.63) is 58.3 Å². The molecule has 4 atom stereocenters. The van der Waals surface area contributed by atoms with E-state index < -0.39 is 6.04 Å². The van der Waals surface area contributed by atoms with Crippen LogP contribution in [0.25, 0.3) is 0 Å². The Morgan fingerprint density at radius 1 is 0.977 bits per heavy atom. The maximum absolute atomic E-state index is 14.5. The third-order valence-electron chi connectivity index (χ3n) is 10.0.